The fourth-order valence-corrected chi connectivity index (χ4v) is 2.84. The fraction of sp³-hybridized carbons (Fsp3) is 0.846. The van der Waals surface area contributed by atoms with Gasteiger partial charge in [0.1, 0.15) is 6.10 Å². The molecule has 6 nitrogen and oxygen atoms in total. The molecule has 0 aromatic rings. The maximum absolute atomic E-state index is 12.2. The van der Waals surface area contributed by atoms with Crippen LogP contribution in [0.2, 0.25) is 0 Å². The number of hydrogen-bond acceptors (Lipinski definition) is 4. The van der Waals surface area contributed by atoms with Crippen LogP contribution in [0.4, 0.5) is 0 Å². The lowest BCUT2D eigenvalue weighted by Gasteiger charge is -2.39. The predicted molar refractivity (Wildman–Crippen MR) is 75.7 cm³/mol. The van der Waals surface area contributed by atoms with Gasteiger partial charge in [0, 0.05) is 45.9 Å². The first kappa shape index (κ1) is 15.5. The molecule has 0 spiro atoms. The van der Waals surface area contributed by atoms with Gasteiger partial charge in [0.05, 0.1) is 5.92 Å². The third-order valence-corrected chi connectivity index (χ3v) is 4.24. The van der Waals surface area contributed by atoms with Crippen molar-refractivity contribution in [2.24, 2.45) is 5.92 Å². The van der Waals surface area contributed by atoms with Crippen LogP contribution in [0.1, 0.15) is 12.8 Å². The van der Waals surface area contributed by atoms with Gasteiger partial charge in [-0.05, 0) is 12.8 Å². The van der Waals surface area contributed by atoms with Gasteiger partial charge < -0.3 is 19.9 Å². The highest BCUT2D eigenvalue weighted by Gasteiger charge is 2.34. The number of halogens is 1. The number of carbonyl (C=O) groups is 2. The number of amides is 2. The highest BCUT2D eigenvalue weighted by Crippen LogP contribution is 2.17. The molecule has 0 radical (unpaired) electrons. The number of piperazine rings is 1. The topological polar surface area (TPSA) is 61.9 Å². The molecule has 3 heterocycles. The summed E-state index contributed by atoms with van der Waals surface area (Å²) < 4.78 is 5.43. The lowest BCUT2D eigenvalue weighted by molar-refractivity contribution is -0.147. The van der Waals surface area contributed by atoms with E-state index in [1.54, 1.807) is 0 Å². The van der Waals surface area contributed by atoms with Crippen LogP contribution >= 0.6 is 12.4 Å². The minimum atomic E-state index is -0.238. The molecule has 3 aliphatic heterocycles. The molecule has 3 fully saturated rings. The van der Waals surface area contributed by atoms with E-state index in [4.69, 9.17) is 4.74 Å². The Morgan fingerprint density at radius 1 is 1.00 bits per heavy atom. The zero-order valence-electron chi connectivity index (χ0n) is 11.5. The van der Waals surface area contributed by atoms with Crippen molar-refractivity contribution in [1.29, 1.82) is 0 Å². The SMILES string of the molecule is Cl.O=C(C1CNC1)N1CCN(C(=O)C2CCCO2)CC1. The highest BCUT2D eigenvalue weighted by atomic mass is 35.5. The lowest BCUT2D eigenvalue weighted by Crippen LogP contribution is -2.58. The number of carbonyl (C=O) groups excluding carboxylic acids is 2. The van der Waals surface area contributed by atoms with Crippen molar-refractivity contribution >= 4 is 24.2 Å². The van der Waals surface area contributed by atoms with Gasteiger partial charge in [-0.2, -0.15) is 0 Å². The number of rotatable bonds is 2. The molecule has 0 saturated carbocycles. The number of nitrogens with one attached hydrogen (secondary N) is 1. The third-order valence-electron chi connectivity index (χ3n) is 4.24. The smallest absolute Gasteiger partial charge is 0.251 e. The average Bonchev–Trinajstić information content (AvgIpc) is 2.90. The monoisotopic (exact) mass is 303 g/mol. The van der Waals surface area contributed by atoms with Crippen molar-refractivity contribution < 1.29 is 14.3 Å². The van der Waals surface area contributed by atoms with Gasteiger partial charge in [0.15, 0.2) is 0 Å². The summed E-state index contributed by atoms with van der Waals surface area (Å²) >= 11 is 0. The molecule has 1 N–H and O–H groups in total. The second-order valence-corrected chi connectivity index (χ2v) is 5.51. The summed E-state index contributed by atoms with van der Waals surface area (Å²) in [5.74, 6) is 0.498. The van der Waals surface area contributed by atoms with Gasteiger partial charge in [0.25, 0.3) is 5.91 Å². The first-order valence-corrected chi connectivity index (χ1v) is 7.15. The van der Waals surface area contributed by atoms with E-state index in [9.17, 15) is 9.59 Å². The van der Waals surface area contributed by atoms with Gasteiger partial charge in [-0.15, -0.1) is 12.4 Å². The normalized spacial score (nSPS) is 26.9. The van der Waals surface area contributed by atoms with Gasteiger partial charge in [-0.1, -0.05) is 0 Å². The van der Waals surface area contributed by atoms with Crippen LogP contribution in [0.5, 0.6) is 0 Å². The van der Waals surface area contributed by atoms with Crippen molar-refractivity contribution in [2.45, 2.75) is 18.9 Å². The zero-order chi connectivity index (χ0) is 13.2. The Kier molecular flexibility index (Phi) is 5.23. The molecule has 114 valence electrons. The predicted octanol–water partition coefficient (Wildman–Crippen LogP) is -0.523. The van der Waals surface area contributed by atoms with Crippen LogP contribution in [0.25, 0.3) is 0 Å². The summed E-state index contributed by atoms with van der Waals surface area (Å²) in [6.45, 7) is 4.90. The lowest BCUT2D eigenvalue weighted by atomic mass is 10.0. The Hall–Kier alpha value is -0.850. The molecular weight excluding hydrogens is 282 g/mol. The largest absolute Gasteiger partial charge is 0.368 e. The maximum Gasteiger partial charge on any atom is 0.251 e. The fourth-order valence-electron chi connectivity index (χ4n) is 2.84. The van der Waals surface area contributed by atoms with Crippen molar-refractivity contribution in [2.75, 3.05) is 45.9 Å². The quantitative estimate of drug-likeness (QED) is 0.745. The summed E-state index contributed by atoms with van der Waals surface area (Å²) in [4.78, 5) is 28.0. The summed E-state index contributed by atoms with van der Waals surface area (Å²) in [5.41, 5.74) is 0. The van der Waals surface area contributed by atoms with Gasteiger partial charge in [-0.25, -0.2) is 0 Å². The first-order valence-electron chi connectivity index (χ1n) is 7.15. The molecule has 0 bridgehead atoms. The van der Waals surface area contributed by atoms with Gasteiger partial charge in [0.2, 0.25) is 5.91 Å². The molecule has 0 aliphatic carbocycles. The molecule has 1 unspecified atom stereocenters. The van der Waals surface area contributed by atoms with E-state index in [-0.39, 0.29) is 36.2 Å². The van der Waals surface area contributed by atoms with Crippen LogP contribution in [-0.4, -0.2) is 73.6 Å². The first-order chi connectivity index (χ1) is 9.25. The summed E-state index contributed by atoms with van der Waals surface area (Å²) in [6, 6.07) is 0. The van der Waals surface area contributed by atoms with E-state index in [0.717, 1.165) is 25.9 Å². The molecule has 0 aromatic heterocycles. The van der Waals surface area contributed by atoms with Crippen molar-refractivity contribution in [1.82, 2.24) is 15.1 Å². The zero-order valence-corrected chi connectivity index (χ0v) is 12.4. The van der Waals surface area contributed by atoms with Crippen LogP contribution < -0.4 is 5.32 Å². The summed E-state index contributed by atoms with van der Waals surface area (Å²) in [7, 11) is 0. The van der Waals surface area contributed by atoms with E-state index in [2.05, 4.69) is 5.32 Å². The molecule has 7 heteroatoms. The maximum atomic E-state index is 12.2. The standard InChI is InChI=1S/C13H21N3O3.ClH/c17-12(10-8-14-9-10)15-3-5-16(6-4-15)13(18)11-2-1-7-19-11;/h10-11,14H,1-9H2;1H. The molecule has 3 rings (SSSR count). The van der Waals surface area contributed by atoms with E-state index >= 15 is 0 Å². The number of nitrogens with zero attached hydrogens (tertiary/aromatic N) is 2. The Labute approximate surface area is 125 Å². The Morgan fingerprint density at radius 2 is 1.60 bits per heavy atom. The number of hydrogen-bond donors (Lipinski definition) is 1. The third kappa shape index (κ3) is 3.07. The minimum absolute atomic E-state index is 0. The van der Waals surface area contributed by atoms with Crippen LogP contribution in [-0.2, 0) is 14.3 Å². The average molecular weight is 304 g/mol. The Bertz CT molecular complexity index is 362. The molecular formula is C13H22ClN3O3. The van der Waals surface area contributed by atoms with Crippen molar-refractivity contribution in [3.05, 3.63) is 0 Å². The molecule has 3 saturated heterocycles. The minimum Gasteiger partial charge on any atom is -0.368 e. The van der Waals surface area contributed by atoms with Crippen molar-refractivity contribution in [3.8, 4) is 0 Å². The molecule has 2 amide bonds. The molecule has 3 aliphatic rings. The van der Waals surface area contributed by atoms with Gasteiger partial charge >= 0.3 is 0 Å². The molecule has 1 atom stereocenters. The number of ether oxygens (including phenoxy) is 1. The van der Waals surface area contributed by atoms with Gasteiger partial charge in [-0.3, -0.25) is 9.59 Å². The second kappa shape index (κ2) is 6.74. The van der Waals surface area contributed by atoms with Crippen LogP contribution in [0, 0.1) is 5.92 Å². The summed E-state index contributed by atoms with van der Waals surface area (Å²) in [5, 5.41) is 3.12. The Morgan fingerprint density at radius 3 is 2.05 bits per heavy atom. The second-order valence-electron chi connectivity index (χ2n) is 5.51. The highest BCUT2D eigenvalue weighted by molar-refractivity contribution is 5.85. The van der Waals surface area contributed by atoms with E-state index in [1.807, 2.05) is 9.80 Å². The molecule has 0 aromatic carbocycles. The summed E-state index contributed by atoms with van der Waals surface area (Å²) in [6.07, 6.45) is 1.58. The van der Waals surface area contributed by atoms with Crippen LogP contribution in [0.15, 0.2) is 0 Å². The van der Waals surface area contributed by atoms with Crippen molar-refractivity contribution in [3.63, 3.8) is 0 Å². The van der Waals surface area contributed by atoms with E-state index < -0.39 is 0 Å². The van der Waals surface area contributed by atoms with Crippen LogP contribution in [0.3, 0.4) is 0 Å². The van der Waals surface area contributed by atoms with E-state index in [0.29, 0.717) is 32.8 Å². The van der Waals surface area contributed by atoms with E-state index in [1.165, 1.54) is 0 Å². The Balaban J connectivity index is 0.00000147. The molecule has 20 heavy (non-hydrogen) atoms.